The molecule has 1 fully saturated rings. The number of anilines is 1. The van der Waals surface area contributed by atoms with E-state index in [0.29, 0.717) is 18.1 Å². The summed E-state index contributed by atoms with van der Waals surface area (Å²) in [6.07, 6.45) is 0.719. The predicted molar refractivity (Wildman–Crippen MR) is 105 cm³/mol. The number of alkyl halides is 2. The van der Waals surface area contributed by atoms with E-state index in [0.717, 1.165) is 24.0 Å². The molecule has 0 aliphatic heterocycles. The summed E-state index contributed by atoms with van der Waals surface area (Å²) >= 11 is 6.09. The predicted octanol–water partition coefficient (Wildman–Crippen LogP) is 4.54. The number of aryl methyl sites for hydroxylation is 1. The Hall–Kier alpha value is -2.74. The van der Waals surface area contributed by atoms with Crippen LogP contribution in [-0.2, 0) is 17.9 Å². The van der Waals surface area contributed by atoms with Crippen molar-refractivity contribution in [1.82, 2.24) is 19.6 Å². The number of halogens is 3. The molecule has 0 bridgehead atoms. The standard InChI is InChI=1S/C20H20ClF2N5O/c1-12-4-2-3-5-14(12)10-27-9-8-15(25-27)24-16(29)11-28-19(13-6-7-13)17(21)18(26-28)20(22)23/h2-5,8-9,13,20H,6-7,10-11H2,1H3,(H,24,25,29). The number of nitrogens with one attached hydrogen (secondary N) is 1. The van der Waals surface area contributed by atoms with Crippen LogP contribution in [0, 0.1) is 6.92 Å². The Morgan fingerprint density at radius 2 is 2.03 bits per heavy atom. The summed E-state index contributed by atoms with van der Waals surface area (Å²) in [5.41, 5.74) is 2.34. The first-order valence-corrected chi connectivity index (χ1v) is 9.72. The van der Waals surface area contributed by atoms with Crippen LogP contribution in [0.3, 0.4) is 0 Å². The average Bonchev–Trinajstić information content (AvgIpc) is 3.32. The molecule has 0 atom stereocenters. The quantitative estimate of drug-likeness (QED) is 0.611. The number of hydrogen-bond donors (Lipinski definition) is 1. The lowest BCUT2D eigenvalue weighted by Gasteiger charge is -2.07. The Morgan fingerprint density at radius 1 is 1.28 bits per heavy atom. The molecule has 9 heteroatoms. The molecular weight excluding hydrogens is 400 g/mol. The Kier molecular flexibility index (Phi) is 5.36. The molecule has 2 aromatic heterocycles. The molecule has 0 saturated heterocycles. The van der Waals surface area contributed by atoms with Gasteiger partial charge in [-0.25, -0.2) is 8.78 Å². The van der Waals surface area contributed by atoms with Crippen molar-refractivity contribution < 1.29 is 13.6 Å². The van der Waals surface area contributed by atoms with Crippen molar-refractivity contribution in [3.8, 4) is 0 Å². The van der Waals surface area contributed by atoms with E-state index in [9.17, 15) is 13.6 Å². The summed E-state index contributed by atoms with van der Waals surface area (Å²) < 4.78 is 29.3. The van der Waals surface area contributed by atoms with Crippen LogP contribution in [0.15, 0.2) is 36.5 Å². The van der Waals surface area contributed by atoms with Gasteiger partial charge in [0.15, 0.2) is 5.82 Å². The highest BCUT2D eigenvalue weighted by Crippen LogP contribution is 2.45. The first-order chi connectivity index (χ1) is 13.9. The van der Waals surface area contributed by atoms with Crippen LogP contribution in [0.1, 0.15) is 47.7 Å². The lowest BCUT2D eigenvalue weighted by molar-refractivity contribution is -0.117. The lowest BCUT2D eigenvalue weighted by Crippen LogP contribution is -2.21. The first kappa shape index (κ1) is 19.6. The van der Waals surface area contributed by atoms with E-state index in [2.05, 4.69) is 15.5 Å². The number of aromatic nitrogens is 4. The Morgan fingerprint density at radius 3 is 2.72 bits per heavy atom. The molecule has 6 nitrogen and oxygen atoms in total. The highest BCUT2D eigenvalue weighted by molar-refractivity contribution is 6.32. The fourth-order valence-electron chi connectivity index (χ4n) is 3.28. The zero-order chi connectivity index (χ0) is 20.5. The van der Waals surface area contributed by atoms with Gasteiger partial charge in [-0.15, -0.1) is 0 Å². The molecule has 1 aliphatic carbocycles. The van der Waals surface area contributed by atoms with E-state index < -0.39 is 18.0 Å². The average molecular weight is 420 g/mol. The zero-order valence-electron chi connectivity index (χ0n) is 15.8. The van der Waals surface area contributed by atoms with Crippen LogP contribution in [-0.4, -0.2) is 25.5 Å². The van der Waals surface area contributed by atoms with Crippen LogP contribution < -0.4 is 5.32 Å². The first-order valence-electron chi connectivity index (χ1n) is 9.34. The van der Waals surface area contributed by atoms with Gasteiger partial charge >= 0.3 is 0 Å². The summed E-state index contributed by atoms with van der Waals surface area (Å²) in [6, 6.07) is 9.69. The molecule has 1 aromatic carbocycles. The Labute approximate surface area is 171 Å². The number of nitrogens with zero attached hydrogens (tertiary/aromatic N) is 4. The molecule has 0 spiro atoms. The molecule has 1 aliphatic rings. The fourth-order valence-corrected chi connectivity index (χ4v) is 3.65. The van der Waals surface area contributed by atoms with Crippen LogP contribution >= 0.6 is 11.6 Å². The van der Waals surface area contributed by atoms with Gasteiger partial charge in [0.1, 0.15) is 12.2 Å². The van der Waals surface area contributed by atoms with Gasteiger partial charge in [0.25, 0.3) is 6.43 Å². The van der Waals surface area contributed by atoms with E-state index in [1.165, 1.54) is 4.68 Å². The number of carbonyl (C=O) groups excluding carboxylic acids is 1. The molecule has 0 radical (unpaired) electrons. The fraction of sp³-hybridized carbons (Fsp3) is 0.350. The second-order valence-electron chi connectivity index (χ2n) is 7.19. The number of hydrogen-bond acceptors (Lipinski definition) is 3. The van der Waals surface area contributed by atoms with Gasteiger partial charge in [-0.2, -0.15) is 10.2 Å². The van der Waals surface area contributed by atoms with Crippen LogP contribution in [0.25, 0.3) is 0 Å². The lowest BCUT2D eigenvalue weighted by atomic mass is 10.1. The monoisotopic (exact) mass is 419 g/mol. The number of benzene rings is 1. The third-order valence-electron chi connectivity index (χ3n) is 4.92. The van der Waals surface area contributed by atoms with Gasteiger partial charge in [0, 0.05) is 18.2 Å². The molecule has 29 heavy (non-hydrogen) atoms. The van der Waals surface area contributed by atoms with Crippen molar-refractivity contribution in [3.05, 3.63) is 64.1 Å². The largest absolute Gasteiger partial charge is 0.308 e. The van der Waals surface area contributed by atoms with Gasteiger partial charge < -0.3 is 5.32 Å². The molecule has 1 amide bonds. The van der Waals surface area contributed by atoms with Crippen LogP contribution in [0.4, 0.5) is 14.6 Å². The maximum atomic E-state index is 13.1. The van der Waals surface area contributed by atoms with E-state index in [1.54, 1.807) is 16.9 Å². The van der Waals surface area contributed by atoms with Gasteiger partial charge in [-0.1, -0.05) is 35.9 Å². The smallest absolute Gasteiger partial charge is 0.283 e. The van der Waals surface area contributed by atoms with Gasteiger partial charge in [-0.3, -0.25) is 14.2 Å². The van der Waals surface area contributed by atoms with Gasteiger partial charge in [0.05, 0.1) is 17.3 Å². The minimum Gasteiger partial charge on any atom is -0.308 e. The summed E-state index contributed by atoms with van der Waals surface area (Å²) in [7, 11) is 0. The molecule has 2 heterocycles. The normalized spacial score (nSPS) is 13.8. The minimum atomic E-state index is -2.78. The number of rotatable bonds is 7. The van der Waals surface area contributed by atoms with E-state index in [4.69, 9.17) is 11.6 Å². The van der Waals surface area contributed by atoms with Gasteiger partial charge in [-0.05, 0) is 30.9 Å². The molecule has 4 rings (SSSR count). The SMILES string of the molecule is Cc1ccccc1Cn1ccc(NC(=O)Cn2nc(C(F)F)c(Cl)c2C2CC2)n1. The van der Waals surface area contributed by atoms with Crippen molar-refractivity contribution in [2.75, 3.05) is 5.32 Å². The summed E-state index contributed by atoms with van der Waals surface area (Å²) in [5, 5.41) is 10.9. The highest BCUT2D eigenvalue weighted by atomic mass is 35.5. The van der Waals surface area contributed by atoms with E-state index >= 15 is 0 Å². The van der Waals surface area contributed by atoms with Crippen molar-refractivity contribution in [3.63, 3.8) is 0 Å². The van der Waals surface area contributed by atoms with Crippen LogP contribution in [0.5, 0.6) is 0 Å². The third kappa shape index (κ3) is 4.32. The zero-order valence-corrected chi connectivity index (χ0v) is 16.5. The van der Waals surface area contributed by atoms with E-state index in [1.807, 2.05) is 31.2 Å². The number of amides is 1. The van der Waals surface area contributed by atoms with Crippen molar-refractivity contribution in [1.29, 1.82) is 0 Å². The molecule has 1 N–H and O–H groups in total. The van der Waals surface area contributed by atoms with Gasteiger partial charge in [0.2, 0.25) is 5.91 Å². The summed E-state index contributed by atoms with van der Waals surface area (Å²) in [6.45, 7) is 2.42. The number of carbonyl (C=O) groups is 1. The topological polar surface area (TPSA) is 64.7 Å². The third-order valence-corrected chi connectivity index (χ3v) is 5.31. The Balaban J connectivity index is 1.44. The molecule has 152 valence electrons. The van der Waals surface area contributed by atoms with Crippen molar-refractivity contribution in [2.24, 2.45) is 0 Å². The molecule has 3 aromatic rings. The van der Waals surface area contributed by atoms with Crippen molar-refractivity contribution >= 4 is 23.3 Å². The molecule has 0 unspecified atom stereocenters. The van der Waals surface area contributed by atoms with E-state index in [-0.39, 0.29) is 17.5 Å². The summed E-state index contributed by atoms with van der Waals surface area (Å²) in [4.78, 5) is 12.4. The second kappa shape index (κ2) is 7.94. The molecular formula is C20H20ClF2N5O. The van der Waals surface area contributed by atoms with Crippen LogP contribution in [0.2, 0.25) is 5.02 Å². The Bertz CT molecular complexity index is 1040. The second-order valence-corrected chi connectivity index (χ2v) is 7.57. The maximum Gasteiger partial charge on any atom is 0.283 e. The van der Waals surface area contributed by atoms with Crippen molar-refractivity contribution in [2.45, 2.75) is 45.2 Å². The minimum absolute atomic E-state index is 0.0298. The summed E-state index contributed by atoms with van der Waals surface area (Å²) in [5.74, 6) is 0.0838. The molecule has 1 saturated carbocycles. The highest BCUT2D eigenvalue weighted by Gasteiger charge is 2.34. The maximum absolute atomic E-state index is 13.1.